The lowest BCUT2D eigenvalue weighted by atomic mass is 10.1. The highest BCUT2D eigenvalue weighted by Crippen LogP contribution is 2.32. The van der Waals surface area contributed by atoms with Gasteiger partial charge in [0.1, 0.15) is 28.7 Å². The van der Waals surface area contributed by atoms with Crippen LogP contribution in [0, 0.1) is 0 Å². The smallest absolute Gasteiger partial charge is 0.261 e. The quantitative estimate of drug-likeness (QED) is 0.0281. The number of aromatic nitrogens is 5. The van der Waals surface area contributed by atoms with Gasteiger partial charge in [0.2, 0.25) is 0 Å². The fourth-order valence-corrected chi connectivity index (χ4v) is 16.2. The van der Waals surface area contributed by atoms with Crippen LogP contribution in [0.4, 0.5) is 5.13 Å². The number of methoxy groups -OCH3 is 5. The maximum absolute atomic E-state index is 13.1. The predicted molar refractivity (Wildman–Crippen MR) is 514 cm³/mol. The van der Waals surface area contributed by atoms with E-state index in [9.17, 15) is 27.6 Å². The number of thiazole rings is 1. The molecule has 11 aromatic carbocycles. The van der Waals surface area contributed by atoms with Crippen molar-refractivity contribution in [1.29, 1.82) is 0 Å². The van der Waals surface area contributed by atoms with Gasteiger partial charge in [-0.1, -0.05) is 224 Å². The summed E-state index contributed by atoms with van der Waals surface area (Å²) < 4.78 is 55.0. The number of nitrogens with one attached hydrogen (secondary N) is 2. The van der Waals surface area contributed by atoms with E-state index in [-0.39, 0.29) is 39.1 Å². The summed E-state index contributed by atoms with van der Waals surface area (Å²) in [6.07, 6.45) is 8.23. The zero-order valence-corrected chi connectivity index (χ0v) is 77.2. The molecular weight excluding hydrogens is 1880 g/mol. The molecule has 628 valence electrons. The number of ether oxygens (including phenoxy) is 5. The first-order valence-electron chi connectivity index (χ1n) is 37.1. The van der Waals surface area contributed by atoms with Gasteiger partial charge in [0.05, 0.1) is 85.6 Å². The Labute approximate surface area is 765 Å². The van der Waals surface area contributed by atoms with Gasteiger partial charge in [0, 0.05) is 123 Å². The minimum absolute atomic E-state index is 0.0395. The molecule has 5 heterocycles. The number of alkyl halides is 1. The third kappa shape index (κ3) is 27.5. The molecule has 0 amide bonds. The molecule has 16 rings (SSSR count). The molecule has 16 aromatic rings. The van der Waals surface area contributed by atoms with E-state index >= 15 is 0 Å². The van der Waals surface area contributed by atoms with E-state index in [1.54, 1.807) is 111 Å². The van der Waals surface area contributed by atoms with Gasteiger partial charge in [0.25, 0.3) is 31.3 Å². The maximum atomic E-state index is 13.1. The number of thiol groups is 1. The molecule has 2 N–H and O–H groups in total. The van der Waals surface area contributed by atoms with Gasteiger partial charge in [-0.3, -0.25) is 19.2 Å². The van der Waals surface area contributed by atoms with Crippen LogP contribution >= 0.6 is 136 Å². The van der Waals surface area contributed by atoms with Crippen molar-refractivity contribution in [3.63, 3.8) is 0 Å². The van der Waals surface area contributed by atoms with E-state index in [4.69, 9.17) is 92.4 Å². The second-order valence-electron chi connectivity index (χ2n) is 26.4. The van der Waals surface area contributed by atoms with Crippen LogP contribution in [-0.2, 0) is 52.6 Å². The maximum Gasteiger partial charge on any atom is 0.261 e. The van der Waals surface area contributed by atoms with Crippen LogP contribution in [-0.4, -0.2) is 67.6 Å². The molecule has 0 aliphatic heterocycles. The summed E-state index contributed by atoms with van der Waals surface area (Å²) >= 11 is 44.6. The van der Waals surface area contributed by atoms with Crippen molar-refractivity contribution in [3.8, 4) is 28.7 Å². The number of aromatic amines is 1. The number of hydrogen-bond acceptors (Lipinski definition) is 16. The lowest BCUT2D eigenvalue weighted by molar-refractivity contribution is 0.414. The molecule has 0 fully saturated rings. The third-order valence-electron chi connectivity index (χ3n) is 18.3. The van der Waals surface area contributed by atoms with Gasteiger partial charge in [-0.05, 0) is 148 Å². The highest BCUT2D eigenvalue weighted by atomic mass is 79.9. The summed E-state index contributed by atoms with van der Waals surface area (Å²) in [4.78, 5) is 57.4. The standard InChI is InChI=1S/C24H20ClNO2S.C17H13BrClNO2.C17H13Cl2NO4S.C11H12N2OS.C9H5BrClNO.C8H9ClO.C7H8S/c1-28-19-9-7-17(8-10-19)14-26-15-23(25)21-12-11-20(13-22(21)24(26)27)29-16-18-5-3-2-4-6-18;1-22-13-5-2-11(3-6-13)9-20-10-16(19)14-7-4-12(18)8-15(14)17(20)21;1-24-12-4-2-11(3-5-12)9-20-10-16(18)14-7-6-13(25(19,22)23)8-15(14)17(20)21;1-14-10-4-2-9(3-5-10)8-13-11-12-6-7-15-11;10-5-1-2-6-7(3-5)9(13)12-4-8(6)11;1-10-8-4-2-7(6-9)3-5-8;8-6-7-4-2-1-3-5-7/h2-13,15H,14,16H2,1H3;2-8,10H,9H2,1H3;2-8,10H,9H2,1H3;2-7H,8H2,1H3,(H,12,13);1-4H,(H,12,13);2-5H,6H2,1H3;1-5,8H,6H2. The van der Waals surface area contributed by atoms with Crippen molar-refractivity contribution in [2.45, 2.75) is 53.4 Å². The summed E-state index contributed by atoms with van der Waals surface area (Å²) in [5.74, 6) is 6.29. The Bertz CT molecular complexity index is 6490. The number of nitrogens with zero attached hydrogens (tertiary/aromatic N) is 4. The number of hydrogen-bond donors (Lipinski definition) is 3. The Hall–Kier alpha value is -9.96. The van der Waals surface area contributed by atoms with Gasteiger partial charge in [-0.25, -0.2) is 13.4 Å². The Morgan fingerprint density at radius 3 is 1.21 bits per heavy atom. The predicted octanol–water partition coefficient (Wildman–Crippen LogP) is 24.4. The first-order valence-corrected chi connectivity index (χ1v) is 45.5. The highest BCUT2D eigenvalue weighted by Gasteiger charge is 2.17. The van der Waals surface area contributed by atoms with Crippen LogP contribution in [0.3, 0.4) is 0 Å². The molecule has 0 atom stereocenters. The number of fused-ring (bicyclic) bond motifs is 4. The normalized spacial score (nSPS) is 10.7. The lowest BCUT2D eigenvalue weighted by Gasteiger charge is -2.11. The van der Waals surface area contributed by atoms with Crippen molar-refractivity contribution < 1.29 is 32.1 Å². The van der Waals surface area contributed by atoms with Gasteiger partial charge < -0.3 is 47.7 Å². The number of H-pyrrole nitrogens is 1. The molecule has 0 aliphatic carbocycles. The average molecular weight is 1960 g/mol. The molecule has 0 saturated carbocycles. The van der Waals surface area contributed by atoms with Crippen molar-refractivity contribution in [1.82, 2.24) is 23.7 Å². The number of benzene rings is 11. The van der Waals surface area contributed by atoms with E-state index < -0.39 is 9.05 Å². The molecule has 0 unspecified atom stereocenters. The minimum Gasteiger partial charge on any atom is -0.497 e. The first kappa shape index (κ1) is 94.3. The monoisotopic (exact) mass is 1950 g/mol. The largest absolute Gasteiger partial charge is 0.497 e. The zero-order chi connectivity index (χ0) is 87.2. The SMILES string of the molecule is COc1ccc(CCl)cc1.COc1ccc(CNc2nccs2)cc1.COc1ccc(Cn2cc(Cl)c3ccc(Br)cc3c2=O)cc1.COc1ccc(Cn2cc(Cl)c3ccc(S(=O)(=O)Cl)cc3c2=O)cc1.COc1ccc(Cn2cc(Cl)c3ccc(SCc4ccccc4)cc3c2=O)cc1.O=c1[nH]cc(Cl)c2ccc(Br)cc12.SCc1ccccc1. The van der Waals surface area contributed by atoms with Crippen LogP contribution in [0.15, 0.2) is 329 Å². The molecule has 29 heteroatoms. The van der Waals surface area contributed by atoms with E-state index in [0.29, 0.717) is 66.4 Å². The average Bonchev–Trinajstić information content (AvgIpc) is 0.803. The second-order valence-corrected chi connectivity index (χ2v) is 35.0. The van der Waals surface area contributed by atoms with E-state index in [1.807, 2.05) is 193 Å². The van der Waals surface area contributed by atoms with Crippen molar-refractivity contribution >= 4 is 194 Å². The number of pyridine rings is 4. The van der Waals surface area contributed by atoms with E-state index in [2.05, 4.69) is 84.0 Å². The fraction of sp³-hybridized carbons (Fsp3) is 0.129. The topological polar surface area (TPSA) is 204 Å². The molecule has 0 radical (unpaired) electrons. The molecule has 0 saturated heterocycles. The molecule has 122 heavy (non-hydrogen) atoms. The van der Waals surface area contributed by atoms with Gasteiger partial charge in [-0.15, -0.1) is 34.7 Å². The Morgan fingerprint density at radius 2 is 0.820 bits per heavy atom. The van der Waals surface area contributed by atoms with Crippen LogP contribution in [0.2, 0.25) is 20.1 Å². The van der Waals surface area contributed by atoms with Crippen LogP contribution in [0.25, 0.3) is 43.1 Å². The Balaban J connectivity index is 0.000000155. The highest BCUT2D eigenvalue weighted by molar-refractivity contribution is 9.10. The summed E-state index contributed by atoms with van der Waals surface area (Å²) in [5, 5.41) is 13.0. The molecule has 0 aliphatic rings. The molecule has 0 bridgehead atoms. The van der Waals surface area contributed by atoms with Crippen molar-refractivity contribution in [3.05, 3.63) is 401 Å². The lowest BCUT2D eigenvalue weighted by Crippen LogP contribution is -2.20. The molecule has 0 spiro atoms. The number of anilines is 1. The Morgan fingerprint density at radius 1 is 0.443 bits per heavy atom. The van der Waals surface area contributed by atoms with E-state index in [1.165, 1.54) is 51.9 Å². The molecule has 17 nitrogen and oxygen atoms in total. The van der Waals surface area contributed by atoms with Gasteiger partial charge in [-0.2, -0.15) is 12.6 Å². The van der Waals surface area contributed by atoms with E-state index in [0.717, 1.165) is 98.4 Å². The summed E-state index contributed by atoms with van der Waals surface area (Å²) in [7, 11) is 9.58. The number of halogens is 8. The first-order chi connectivity index (χ1) is 58.9. The van der Waals surface area contributed by atoms with Crippen molar-refractivity contribution in [2.24, 2.45) is 0 Å². The zero-order valence-electron chi connectivity index (χ0n) is 66.1. The Kier molecular flexibility index (Phi) is 36.4. The van der Waals surface area contributed by atoms with Crippen LogP contribution in [0.1, 0.15) is 38.9 Å². The summed E-state index contributed by atoms with van der Waals surface area (Å²) in [6, 6.07) is 79.6. The summed E-state index contributed by atoms with van der Waals surface area (Å²) in [6.45, 7) is 2.00. The summed E-state index contributed by atoms with van der Waals surface area (Å²) in [5.41, 5.74) is 7.17. The fourth-order valence-electron chi connectivity index (χ4n) is 11.8. The van der Waals surface area contributed by atoms with Gasteiger partial charge in [0.15, 0.2) is 5.13 Å². The molecular formula is C93H80Br2Cl6N6O11S4. The second kappa shape index (κ2) is 47.1. The number of rotatable bonds is 20. The third-order valence-corrected chi connectivity index (χ3v) is 24.3. The van der Waals surface area contributed by atoms with Gasteiger partial charge >= 0.3 is 0 Å². The molecule has 5 aromatic heterocycles. The van der Waals surface area contributed by atoms with Crippen molar-refractivity contribution in [2.75, 3.05) is 40.9 Å². The van der Waals surface area contributed by atoms with Crippen LogP contribution < -0.4 is 51.2 Å². The minimum atomic E-state index is -3.94. The number of thioether (sulfide) groups is 1. The van der Waals surface area contributed by atoms with Crippen LogP contribution in [0.5, 0.6) is 28.7 Å².